The van der Waals surface area contributed by atoms with E-state index in [0.717, 1.165) is 0 Å². The van der Waals surface area contributed by atoms with Crippen molar-refractivity contribution in [3.8, 4) is 0 Å². The van der Waals surface area contributed by atoms with E-state index < -0.39 is 23.7 Å². The first-order valence-corrected chi connectivity index (χ1v) is 3.97. The zero-order valence-electron chi connectivity index (χ0n) is 5.62. The van der Waals surface area contributed by atoms with Crippen LogP contribution in [0.1, 0.15) is 0 Å². The van der Waals surface area contributed by atoms with E-state index >= 15 is 0 Å². The predicted molar refractivity (Wildman–Crippen MR) is 38.0 cm³/mol. The van der Waals surface area contributed by atoms with Gasteiger partial charge in [-0.3, -0.25) is 0 Å². The fourth-order valence-corrected chi connectivity index (χ4v) is 1.43. The Hall–Kier alpha value is 0.150. The standard InChI is InChI=1S/C5H10O5S/c6-1-2-3(7)4(8)5(10-2)11-9/h2-9H,1H2/t2-,3+,4-,5?/m1/s1. The highest BCUT2D eigenvalue weighted by molar-refractivity contribution is 7.94. The minimum Gasteiger partial charge on any atom is -0.394 e. The molecular formula is C5H10O5S. The maximum absolute atomic E-state index is 9.10. The number of hydrogen-bond donors (Lipinski definition) is 4. The van der Waals surface area contributed by atoms with Crippen LogP contribution in [0.25, 0.3) is 0 Å². The lowest BCUT2D eigenvalue weighted by molar-refractivity contribution is -0.00839. The summed E-state index contributed by atoms with van der Waals surface area (Å²) in [6, 6.07) is 0. The van der Waals surface area contributed by atoms with E-state index in [2.05, 4.69) is 0 Å². The van der Waals surface area contributed by atoms with Gasteiger partial charge in [-0.1, -0.05) is 0 Å². The number of aliphatic hydroxyl groups excluding tert-OH is 3. The van der Waals surface area contributed by atoms with Crippen LogP contribution in [0, 0.1) is 0 Å². The number of rotatable bonds is 2. The van der Waals surface area contributed by atoms with Gasteiger partial charge in [0.25, 0.3) is 0 Å². The summed E-state index contributed by atoms with van der Waals surface area (Å²) in [5, 5.41) is 26.8. The van der Waals surface area contributed by atoms with Crippen LogP contribution in [-0.4, -0.2) is 50.2 Å². The van der Waals surface area contributed by atoms with Crippen LogP contribution in [0.2, 0.25) is 0 Å². The van der Waals surface area contributed by atoms with Crippen LogP contribution in [0.3, 0.4) is 0 Å². The Morgan fingerprint density at radius 3 is 2.18 bits per heavy atom. The molecule has 1 fully saturated rings. The smallest absolute Gasteiger partial charge is 0.157 e. The summed E-state index contributed by atoms with van der Waals surface area (Å²) in [6.07, 6.45) is -3.05. The topological polar surface area (TPSA) is 90.2 Å². The fraction of sp³-hybridized carbons (Fsp3) is 1.00. The van der Waals surface area contributed by atoms with Gasteiger partial charge in [-0.05, 0) is 0 Å². The predicted octanol–water partition coefficient (Wildman–Crippen LogP) is -1.37. The van der Waals surface area contributed by atoms with E-state index in [0.29, 0.717) is 12.0 Å². The summed E-state index contributed by atoms with van der Waals surface area (Å²) < 4.78 is 13.4. The molecule has 0 aromatic carbocycles. The molecule has 0 radical (unpaired) electrons. The van der Waals surface area contributed by atoms with E-state index in [1.54, 1.807) is 0 Å². The van der Waals surface area contributed by atoms with E-state index in [-0.39, 0.29) is 6.61 Å². The SMILES string of the molecule is OC[C@H]1OC(SO)[C@H](O)[C@H]1O. The molecule has 0 bridgehead atoms. The quantitative estimate of drug-likeness (QED) is 0.394. The lowest BCUT2D eigenvalue weighted by Crippen LogP contribution is -2.33. The second-order valence-corrected chi connectivity index (χ2v) is 2.99. The number of hydrogen-bond acceptors (Lipinski definition) is 6. The highest BCUT2D eigenvalue weighted by Gasteiger charge is 2.42. The minimum absolute atomic E-state index is 0.320. The van der Waals surface area contributed by atoms with Crippen molar-refractivity contribution in [1.29, 1.82) is 0 Å². The average molecular weight is 182 g/mol. The van der Waals surface area contributed by atoms with E-state index in [4.69, 9.17) is 24.6 Å². The van der Waals surface area contributed by atoms with Crippen LogP contribution in [0.5, 0.6) is 0 Å². The Morgan fingerprint density at radius 1 is 1.27 bits per heavy atom. The third-order valence-corrected chi connectivity index (χ3v) is 2.20. The van der Waals surface area contributed by atoms with Crippen molar-refractivity contribution in [1.82, 2.24) is 0 Å². The normalized spacial score (nSPS) is 44.7. The summed E-state index contributed by atoms with van der Waals surface area (Å²) in [7, 11) is 0. The van der Waals surface area contributed by atoms with Gasteiger partial charge in [-0.2, -0.15) is 0 Å². The lowest BCUT2D eigenvalue weighted by Gasteiger charge is -2.10. The third-order valence-electron chi connectivity index (χ3n) is 1.60. The zero-order valence-corrected chi connectivity index (χ0v) is 6.44. The van der Waals surface area contributed by atoms with E-state index in [1.165, 1.54) is 0 Å². The number of aliphatic hydroxyl groups is 3. The maximum Gasteiger partial charge on any atom is 0.157 e. The molecule has 5 nitrogen and oxygen atoms in total. The molecule has 66 valence electrons. The first-order chi connectivity index (χ1) is 5.20. The van der Waals surface area contributed by atoms with Crippen molar-refractivity contribution >= 4 is 12.0 Å². The molecule has 1 rings (SSSR count). The molecule has 6 heteroatoms. The molecule has 1 heterocycles. The summed E-state index contributed by atoms with van der Waals surface area (Å²) >= 11 is 0.320. The van der Waals surface area contributed by atoms with Crippen molar-refractivity contribution in [2.75, 3.05) is 6.61 Å². The van der Waals surface area contributed by atoms with Crippen molar-refractivity contribution in [3.63, 3.8) is 0 Å². The molecule has 4 N–H and O–H groups in total. The van der Waals surface area contributed by atoms with Gasteiger partial charge in [0, 0.05) is 12.0 Å². The van der Waals surface area contributed by atoms with Gasteiger partial charge in [0.1, 0.15) is 18.3 Å². The molecule has 0 aliphatic carbocycles. The molecule has 1 unspecified atom stereocenters. The van der Waals surface area contributed by atoms with Crippen molar-refractivity contribution in [2.24, 2.45) is 0 Å². The molecule has 4 atom stereocenters. The van der Waals surface area contributed by atoms with Crippen molar-refractivity contribution < 1.29 is 24.6 Å². The molecule has 11 heavy (non-hydrogen) atoms. The van der Waals surface area contributed by atoms with Gasteiger partial charge < -0.3 is 24.6 Å². The van der Waals surface area contributed by atoms with Gasteiger partial charge in [0.15, 0.2) is 5.44 Å². The summed E-state index contributed by atoms with van der Waals surface area (Å²) in [6.45, 7) is -0.366. The number of ether oxygens (including phenoxy) is 1. The molecule has 1 aliphatic rings. The van der Waals surface area contributed by atoms with Crippen LogP contribution in [0.4, 0.5) is 0 Å². The summed E-state index contributed by atoms with van der Waals surface area (Å²) in [4.78, 5) is 0. The average Bonchev–Trinajstić information content (AvgIpc) is 2.30. The molecule has 0 saturated carbocycles. The Balaban J connectivity index is 2.53. The molecule has 0 spiro atoms. The molecule has 0 aromatic rings. The maximum atomic E-state index is 9.10. The van der Waals surface area contributed by atoms with Gasteiger partial charge >= 0.3 is 0 Å². The molecule has 0 aromatic heterocycles. The van der Waals surface area contributed by atoms with Gasteiger partial charge in [-0.25, -0.2) is 0 Å². The van der Waals surface area contributed by atoms with Gasteiger partial charge in [0.05, 0.1) is 6.61 Å². The Morgan fingerprint density at radius 2 is 1.91 bits per heavy atom. The van der Waals surface area contributed by atoms with Crippen LogP contribution in [-0.2, 0) is 4.74 Å². The largest absolute Gasteiger partial charge is 0.394 e. The lowest BCUT2D eigenvalue weighted by atomic mass is 10.2. The van der Waals surface area contributed by atoms with Gasteiger partial charge in [-0.15, -0.1) is 0 Å². The first kappa shape index (κ1) is 9.24. The molecule has 1 aliphatic heterocycles. The fourth-order valence-electron chi connectivity index (χ4n) is 0.952. The zero-order chi connectivity index (χ0) is 8.43. The second kappa shape index (κ2) is 3.70. The van der Waals surface area contributed by atoms with Crippen molar-refractivity contribution in [3.05, 3.63) is 0 Å². The monoisotopic (exact) mass is 182 g/mol. The molecular weight excluding hydrogens is 172 g/mol. The highest BCUT2D eigenvalue weighted by Crippen LogP contribution is 2.26. The molecule has 0 amide bonds. The van der Waals surface area contributed by atoms with Crippen LogP contribution >= 0.6 is 12.0 Å². The summed E-state index contributed by atoms with van der Waals surface area (Å²) in [5.41, 5.74) is -0.859. The molecule has 1 saturated heterocycles. The van der Waals surface area contributed by atoms with Crippen LogP contribution < -0.4 is 0 Å². The van der Waals surface area contributed by atoms with E-state index in [1.807, 2.05) is 0 Å². The van der Waals surface area contributed by atoms with Gasteiger partial charge in [0.2, 0.25) is 0 Å². The van der Waals surface area contributed by atoms with Crippen molar-refractivity contribution in [2.45, 2.75) is 23.7 Å². The minimum atomic E-state index is -1.14. The van der Waals surface area contributed by atoms with Crippen LogP contribution in [0.15, 0.2) is 0 Å². The Kier molecular flexibility index (Phi) is 3.11. The summed E-state index contributed by atoms with van der Waals surface area (Å²) in [5.74, 6) is 0. The Bertz CT molecular complexity index is 114. The Labute approximate surface area is 67.8 Å². The highest BCUT2D eigenvalue weighted by atomic mass is 32.2. The van der Waals surface area contributed by atoms with E-state index in [9.17, 15) is 0 Å². The second-order valence-electron chi connectivity index (χ2n) is 2.31. The first-order valence-electron chi connectivity index (χ1n) is 3.13. The third kappa shape index (κ3) is 1.66.